The molecule has 1 aliphatic carbocycles. The van der Waals surface area contributed by atoms with Crippen molar-refractivity contribution < 1.29 is 13.2 Å². The van der Waals surface area contributed by atoms with Gasteiger partial charge in [-0.2, -0.15) is 0 Å². The molecule has 0 aromatic carbocycles. The number of aromatic amines is 1. The minimum absolute atomic E-state index is 0.0331. The Hall–Kier alpha value is -1.41. The van der Waals surface area contributed by atoms with E-state index in [2.05, 4.69) is 20.0 Å². The van der Waals surface area contributed by atoms with E-state index in [9.17, 15) is 13.2 Å². The predicted molar refractivity (Wildman–Crippen MR) is 59.7 cm³/mol. The van der Waals surface area contributed by atoms with Crippen molar-refractivity contribution in [1.29, 1.82) is 0 Å². The fourth-order valence-corrected chi connectivity index (χ4v) is 2.23. The zero-order chi connectivity index (χ0) is 12.5. The number of aryl methyl sites for hydroxylation is 1. The third kappa shape index (κ3) is 3.27. The average Bonchev–Trinajstić information content (AvgIpc) is 2.95. The van der Waals surface area contributed by atoms with Crippen LogP contribution in [0.2, 0.25) is 0 Å². The molecule has 1 fully saturated rings. The van der Waals surface area contributed by atoms with E-state index in [4.69, 9.17) is 0 Å². The number of imidazole rings is 1. The Morgan fingerprint density at radius 2 is 2.29 bits per heavy atom. The van der Waals surface area contributed by atoms with Crippen LogP contribution < -0.4 is 10.0 Å². The smallest absolute Gasteiger partial charge is 0.258 e. The molecule has 17 heavy (non-hydrogen) atoms. The molecule has 3 N–H and O–H groups in total. The lowest BCUT2D eigenvalue weighted by Crippen LogP contribution is -2.37. The summed E-state index contributed by atoms with van der Waals surface area (Å²) in [4.78, 5) is 17.7. The Morgan fingerprint density at radius 1 is 1.59 bits per heavy atom. The monoisotopic (exact) mass is 258 g/mol. The first kappa shape index (κ1) is 12.1. The number of hydrogen-bond donors (Lipinski definition) is 3. The molecule has 1 heterocycles. The summed E-state index contributed by atoms with van der Waals surface area (Å²) in [6.07, 6.45) is 3.16. The van der Waals surface area contributed by atoms with E-state index < -0.39 is 10.0 Å². The lowest BCUT2D eigenvalue weighted by molar-refractivity contribution is -0.120. The number of nitrogens with one attached hydrogen (secondary N) is 3. The Balaban J connectivity index is 1.90. The summed E-state index contributed by atoms with van der Waals surface area (Å²) in [7, 11) is -3.68. The van der Waals surface area contributed by atoms with Gasteiger partial charge in [0.05, 0.1) is 12.7 Å². The normalized spacial score (nSPS) is 15.8. The molecule has 0 aliphatic heterocycles. The number of amides is 1. The molecule has 8 heteroatoms. The number of hydrogen-bond acceptors (Lipinski definition) is 4. The number of H-pyrrole nitrogens is 1. The van der Waals surface area contributed by atoms with Crippen molar-refractivity contribution in [2.45, 2.75) is 30.8 Å². The van der Waals surface area contributed by atoms with Crippen LogP contribution in [0.3, 0.4) is 0 Å². The average molecular weight is 258 g/mol. The van der Waals surface area contributed by atoms with Crippen LogP contribution in [0.4, 0.5) is 0 Å². The molecule has 94 valence electrons. The number of sulfonamides is 1. The molecule has 0 unspecified atom stereocenters. The summed E-state index contributed by atoms with van der Waals surface area (Å²) in [5.41, 5.74) is 0. The molecule has 7 nitrogen and oxygen atoms in total. The second kappa shape index (κ2) is 4.46. The van der Waals surface area contributed by atoms with Crippen LogP contribution >= 0.6 is 0 Å². The summed E-state index contributed by atoms with van der Waals surface area (Å²) in [6.45, 7) is 1.40. The largest absolute Gasteiger partial charge is 0.352 e. The number of carbonyl (C=O) groups is 1. The van der Waals surface area contributed by atoms with Crippen LogP contribution in [-0.2, 0) is 14.8 Å². The Kier molecular flexibility index (Phi) is 3.16. The van der Waals surface area contributed by atoms with Crippen LogP contribution in [-0.4, -0.2) is 36.9 Å². The highest BCUT2D eigenvalue weighted by Gasteiger charge is 2.24. The van der Waals surface area contributed by atoms with Gasteiger partial charge in [0.1, 0.15) is 5.82 Å². The van der Waals surface area contributed by atoms with Gasteiger partial charge in [-0.15, -0.1) is 0 Å². The minimum atomic E-state index is -3.68. The molecule has 1 aliphatic rings. The van der Waals surface area contributed by atoms with E-state index in [0.717, 1.165) is 12.8 Å². The molecule has 1 amide bonds. The second-order valence-electron chi connectivity index (χ2n) is 4.00. The number of nitrogens with zero attached hydrogens (tertiary/aromatic N) is 1. The van der Waals surface area contributed by atoms with Crippen molar-refractivity contribution >= 4 is 15.9 Å². The topological polar surface area (TPSA) is 104 Å². The highest BCUT2D eigenvalue weighted by Crippen LogP contribution is 2.18. The predicted octanol–water partition coefficient (Wildman–Crippen LogP) is -0.725. The van der Waals surface area contributed by atoms with E-state index in [1.807, 2.05) is 0 Å². The van der Waals surface area contributed by atoms with Crippen molar-refractivity contribution in [3.63, 3.8) is 0 Å². The fraction of sp³-hybridized carbons (Fsp3) is 0.556. The van der Waals surface area contributed by atoms with Crippen molar-refractivity contribution in [2.75, 3.05) is 6.54 Å². The number of aromatic nitrogens is 2. The molecule has 0 atom stereocenters. The Morgan fingerprint density at radius 3 is 2.82 bits per heavy atom. The maximum Gasteiger partial charge on any atom is 0.258 e. The first-order valence-corrected chi connectivity index (χ1v) is 6.76. The van der Waals surface area contributed by atoms with E-state index in [1.54, 1.807) is 6.92 Å². The van der Waals surface area contributed by atoms with Crippen LogP contribution in [0.1, 0.15) is 18.7 Å². The van der Waals surface area contributed by atoms with Gasteiger partial charge in [-0.1, -0.05) is 0 Å². The zero-order valence-electron chi connectivity index (χ0n) is 9.36. The zero-order valence-corrected chi connectivity index (χ0v) is 10.2. The summed E-state index contributed by atoms with van der Waals surface area (Å²) in [5, 5.41) is 2.66. The summed E-state index contributed by atoms with van der Waals surface area (Å²) in [5.74, 6) is 0.195. The van der Waals surface area contributed by atoms with Gasteiger partial charge < -0.3 is 10.3 Å². The van der Waals surface area contributed by atoms with Gasteiger partial charge in [-0.05, 0) is 19.8 Å². The van der Waals surface area contributed by atoms with E-state index in [-0.39, 0.29) is 23.5 Å². The first-order chi connectivity index (χ1) is 7.97. The third-order valence-corrected chi connectivity index (χ3v) is 3.65. The lowest BCUT2D eigenvalue weighted by atomic mass is 10.5. The van der Waals surface area contributed by atoms with E-state index in [1.165, 1.54) is 6.20 Å². The second-order valence-corrected chi connectivity index (χ2v) is 5.73. The highest BCUT2D eigenvalue weighted by atomic mass is 32.2. The molecule has 1 aromatic heterocycles. The lowest BCUT2D eigenvalue weighted by Gasteiger charge is -2.05. The van der Waals surface area contributed by atoms with Crippen LogP contribution in [0.25, 0.3) is 0 Å². The number of rotatable bonds is 5. The van der Waals surface area contributed by atoms with E-state index >= 15 is 0 Å². The highest BCUT2D eigenvalue weighted by molar-refractivity contribution is 7.89. The molecule has 0 spiro atoms. The summed E-state index contributed by atoms with van der Waals surface area (Å²) >= 11 is 0. The van der Waals surface area contributed by atoms with Crippen LogP contribution in [0.15, 0.2) is 11.2 Å². The van der Waals surface area contributed by atoms with E-state index in [0.29, 0.717) is 5.82 Å². The third-order valence-electron chi connectivity index (χ3n) is 2.33. The SMILES string of the molecule is Cc1ncc(S(=O)(=O)NCC(=O)NC2CC2)[nH]1. The molecule has 0 saturated heterocycles. The Labute approximate surface area is 99.1 Å². The summed E-state index contributed by atoms with van der Waals surface area (Å²) < 4.78 is 25.6. The molecule has 1 saturated carbocycles. The number of carbonyl (C=O) groups excluding carboxylic acids is 1. The molecular formula is C9H14N4O3S. The van der Waals surface area contributed by atoms with Crippen molar-refractivity contribution in [3.05, 3.63) is 12.0 Å². The standard InChI is InChI=1S/C9H14N4O3S/c1-6-10-5-9(12-6)17(15,16)11-4-8(14)13-7-2-3-7/h5,7,11H,2-4H2,1H3,(H,10,12)(H,13,14). The van der Waals surface area contributed by atoms with Gasteiger partial charge >= 0.3 is 0 Å². The van der Waals surface area contributed by atoms with Gasteiger partial charge in [-0.3, -0.25) is 4.79 Å². The van der Waals surface area contributed by atoms with Gasteiger partial charge in [0.15, 0.2) is 5.03 Å². The van der Waals surface area contributed by atoms with Crippen molar-refractivity contribution in [3.8, 4) is 0 Å². The first-order valence-electron chi connectivity index (χ1n) is 5.28. The molecular weight excluding hydrogens is 244 g/mol. The van der Waals surface area contributed by atoms with Crippen molar-refractivity contribution in [2.24, 2.45) is 0 Å². The quantitative estimate of drug-likeness (QED) is 0.648. The van der Waals surface area contributed by atoms with Crippen molar-refractivity contribution in [1.82, 2.24) is 20.0 Å². The fourth-order valence-electron chi connectivity index (χ4n) is 1.28. The maximum atomic E-state index is 11.7. The van der Waals surface area contributed by atoms with Crippen LogP contribution in [0.5, 0.6) is 0 Å². The molecule has 0 radical (unpaired) electrons. The summed E-state index contributed by atoms with van der Waals surface area (Å²) in [6, 6.07) is 0.224. The van der Waals surface area contributed by atoms with Crippen LogP contribution in [0, 0.1) is 6.92 Å². The van der Waals surface area contributed by atoms with Gasteiger partial charge in [0, 0.05) is 6.04 Å². The molecule has 0 bridgehead atoms. The molecule has 2 rings (SSSR count). The minimum Gasteiger partial charge on any atom is -0.352 e. The molecule has 1 aromatic rings. The maximum absolute atomic E-state index is 11.7. The Bertz CT molecular complexity index is 518. The van der Waals surface area contributed by atoms with Gasteiger partial charge in [-0.25, -0.2) is 18.1 Å². The van der Waals surface area contributed by atoms with Gasteiger partial charge in [0.2, 0.25) is 5.91 Å². The van der Waals surface area contributed by atoms with Gasteiger partial charge in [0.25, 0.3) is 10.0 Å².